The van der Waals surface area contributed by atoms with Crippen LogP contribution in [0.15, 0.2) is 18.3 Å². The molecule has 1 aromatic heterocycles. The second kappa shape index (κ2) is 8.03. The zero-order valence-corrected chi connectivity index (χ0v) is 14.4. The van der Waals surface area contributed by atoms with E-state index in [9.17, 15) is 4.79 Å². The molecule has 0 spiro atoms. The number of hydrogen-bond acceptors (Lipinski definition) is 4. The number of carbonyl (C=O) groups excluding carboxylic acids is 1. The lowest BCUT2D eigenvalue weighted by Crippen LogP contribution is -2.52. The van der Waals surface area contributed by atoms with E-state index in [1.807, 2.05) is 6.07 Å². The third-order valence-electron chi connectivity index (χ3n) is 3.15. The van der Waals surface area contributed by atoms with E-state index in [2.05, 4.69) is 15.2 Å². The van der Waals surface area contributed by atoms with Gasteiger partial charge in [0.05, 0.1) is 10.6 Å². The molecule has 0 aliphatic carbocycles. The molecule has 1 unspecified atom stereocenters. The Balaban J connectivity index is 0.00000200. The summed E-state index contributed by atoms with van der Waals surface area (Å²) < 4.78 is 0. The summed E-state index contributed by atoms with van der Waals surface area (Å²) >= 11 is 6.12. The minimum atomic E-state index is -0.851. The first-order valence-electron chi connectivity index (χ1n) is 6.33. The molecule has 1 aromatic rings. The second-order valence-corrected chi connectivity index (χ2v) is 5.84. The van der Waals surface area contributed by atoms with Crippen LogP contribution in [0.5, 0.6) is 0 Å². The molecule has 21 heavy (non-hydrogen) atoms. The van der Waals surface area contributed by atoms with Crippen LogP contribution in [0.3, 0.4) is 0 Å². The summed E-state index contributed by atoms with van der Waals surface area (Å²) in [4.78, 5) is 18.2. The Morgan fingerprint density at radius 2 is 2.19 bits per heavy atom. The fourth-order valence-corrected chi connectivity index (χ4v) is 2.29. The number of pyridine rings is 1. The van der Waals surface area contributed by atoms with Crippen LogP contribution in [-0.4, -0.2) is 35.6 Å². The van der Waals surface area contributed by atoms with Crippen molar-refractivity contribution in [3.8, 4) is 0 Å². The average Bonchev–Trinajstić information content (AvgIpc) is 2.76. The Morgan fingerprint density at radius 3 is 2.76 bits per heavy atom. The Labute approximate surface area is 142 Å². The predicted octanol–water partition coefficient (Wildman–Crippen LogP) is 2.01. The fourth-order valence-electron chi connectivity index (χ4n) is 2.05. The summed E-state index contributed by atoms with van der Waals surface area (Å²) in [6.07, 6.45) is 2.59. The summed E-state index contributed by atoms with van der Waals surface area (Å²) in [6.45, 7) is 4.93. The van der Waals surface area contributed by atoms with Gasteiger partial charge in [0.1, 0.15) is 5.82 Å². The molecule has 1 atom stereocenters. The molecule has 2 heterocycles. The van der Waals surface area contributed by atoms with Gasteiger partial charge in [0.15, 0.2) is 0 Å². The minimum Gasteiger partial charge on any atom is -0.353 e. The summed E-state index contributed by atoms with van der Waals surface area (Å²) in [5.74, 6) is 0.638. The Kier molecular flexibility index (Phi) is 7.75. The highest BCUT2D eigenvalue weighted by Crippen LogP contribution is 2.25. The van der Waals surface area contributed by atoms with Gasteiger partial charge in [-0.3, -0.25) is 4.79 Å². The van der Waals surface area contributed by atoms with Crippen molar-refractivity contribution in [2.75, 3.05) is 18.0 Å². The molecule has 1 aliphatic rings. The summed E-state index contributed by atoms with van der Waals surface area (Å²) in [5.41, 5.74) is 4.92. The number of anilines is 1. The lowest BCUT2D eigenvalue weighted by Gasteiger charge is -2.22. The highest BCUT2D eigenvalue weighted by atomic mass is 35.5. The smallest absolute Gasteiger partial charge is 0.239 e. The number of nitrogens with zero attached hydrogens (tertiary/aromatic N) is 2. The number of amides is 1. The minimum absolute atomic E-state index is 0. The van der Waals surface area contributed by atoms with E-state index in [1.165, 1.54) is 0 Å². The third-order valence-corrected chi connectivity index (χ3v) is 3.44. The van der Waals surface area contributed by atoms with E-state index in [4.69, 9.17) is 17.3 Å². The van der Waals surface area contributed by atoms with Crippen LogP contribution in [-0.2, 0) is 4.79 Å². The zero-order chi connectivity index (χ0) is 14.0. The first-order chi connectivity index (χ1) is 8.88. The van der Waals surface area contributed by atoms with E-state index in [1.54, 1.807) is 26.1 Å². The Bertz CT molecular complexity index is 479. The van der Waals surface area contributed by atoms with Crippen LogP contribution < -0.4 is 16.0 Å². The highest BCUT2D eigenvalue weighted by molar-refractivity contribution is 6.32. The van der Waals surface area contributed by atoms with Crippen LogP contribution >= 0.6 is 36.4 Å². The van der Waals surface area contributed by atoms with Crippen molar-refractivity contribution in [3.05, 3.63) is 23.4 Å². The van der Waals surface area contributed by atoms with Crippen molar-refractivity contribution in [1.82, 2.24) is 10.3 Å². The van der Waals surface area contributed by atoms with Crippen LogP contribution in [0.4, 0.5) is 5.82 Å². The largest absolute Gasteiger partial charge is 0.353 e. The van der Waals surface area contributed by atoms with Gasteiger partial charge in [-0.25, -0.2) is 4.98 Å². The van der Waals surface area contributed by atoms with Crippen molar-refractivity contribution in [1.29, 1.82) is 0 Å². The van der Waals surface area contributed by atoms with Gasteiger partial charge >= 0.3 is 0 Å². The van der Waals surface area contributed by atoms with Crippen LogP contribution in [0.25, 0.3) is 0 Å². The predicted molar refractivity (Wildman–Crippen MR) is 90.8 cm³/mol. The standard InChI is InChI=1S/C13H19ClN4O.2ClH/c1-13(2,15)12(19)17-9-5-7-18(8-9)11-10(14)4-3-6-16-11;;/h3-4,6,9H,5,7-8,15H2,1-2H3,(H,17,19);2*1H. The maximum Gasteiger partial charge on any atom is 0.239 e. The SMILES string of the molecule is CC(C)(N)C(=O)NC1CCN(c2ncccc2Cl)C1.Cl.Cl. The number of hydrogen-bond donors (Lipinski definition) is 2. The van der Waals surface area contributed by atoms with Gasteiger partial charge in [0.2, 0.25) is 5.91 Å². The first kappa shape index (κ1) is 20.2. The van der Waals surface area contributed by atoms with E-state index in [-0.39, 0.29) is 36.8 Å². The van der Waals surface area contributed by atoms with Crippen LogP contribution in [0.2, 0.25) is 5.02 Å². The molecule has 0 saturated carbocycles. The van der Waals surface area contributed by atoms with Crippen molar-refractivity contribution >= 4 is 48.1 Å². The summed E-state index contributed by atoms with van der Waals surface area (Å²) in [7, 11) is 0. The maximum atomic E-state index is 11.8. The molecule has 1 saturated heterocycles. The average molecular weight is 356 g/mol. The lowest BCUT2D eigenvalue weighted by molar-refractivity contribution is -0.125. The van der Waals surface area contributed by atoms with Gasteiger partial charge in [0, 0.05) is 25.3 Å². The van der Waals surface area contributed by atoms with Crippen molar-refractivity contribution in [2.45, 2.75) is 31.8 Å². The summed E-state index contributed by atoms with van der Waals surface area (Å²) in [6, 6.07) is 3.71. The van der Waals surface area contributed by atoms with Crippen LogP contribution in [0, 0.1) is 0 Å². The molecule has 0 aromatic carbocycles. The number of nitrogens with two attached hydrogens (primary N) is 1. The third kappa shape index (κ3) is 5.18. The van der Waals surface area contributed by atoms with Crippen molar-refractivity contribution < 1.29 is 4.79 Å². The van der Waals surface area contributed by atoms with Gasteiger partial charge in [-0.15, -0.1) is 24.8 Å². The number of nitrogens with one attached hydrogen (secondary N) is 1. The summed E-state index contributed by atoms with van der Waals surface area (Å²) in [5, 5.41) is 3.59. The topological polar surface area (TPSA) is 71.2 Å². The molecule has 3 N–H and O–H groups in total. The number of halogens is 3. The zero-order valence-electron chi connectivity index (χ0n) is 12.0. The molecular weight excluding hydrogens is 335 g/mol. The van der Waals surface area contributed by atoms with E-state index < -0.39 is 5.54 Å². The van der Waals surface area contributed by atoms with Crippen molar-refractivity contribution in [2.24, 2.45) is 5.73 Å². The van der Waals surface area contributed by atoms with Gasteiger partial charge < -0.3 is 16.0 Å². The number of aromatic nitrogens is 1. The molecule has 120 valence electrons. The van der Waals surface area contributed by atoms with E-state index in [0.717, 1.165) is 18.8 Å². The first-order valence-corrected chi connectivity index (χ1v) is 6.71. The van der Waals surface area contributed by atoms with Gasteiger partial charge in [-0.2, -0.15) is 0 Å². The van der Waals surface area contributed by atoms with Gasteiger partial charge in [0.25, 0.3) is 0 Å². The highest BCUT2D eigenvalue weighted by Gasteiger charge is 2.29. The maximum absolute atomic E-state index is 11.8. The van der Waals surface area contributed by atoms with Gasteiger partial charge in [-0.05, 0) is 32.4 Å². The van der Waals surface area contributed by atoms with Gasteiger partial charge in [-0.1, -0.05) is 11.6 Å². The normalized spacial score (nSPS) is 17.7. The molecule has 2 rings (SSSR count). The molecule has 1 aliphatic heterocycles. The molecule has 1 fully saturated rings. The van der Waals surface area contributed by atoms with E-state index >= 15 is 0 Å². The molecule has 0 radical (unpaired) electrons. The molecule has 0 bridgehead atoms. The van der Waals surface area contributed by atoms with Crippen molar-refractivity contribution in [3.63, 3.8) is 0 Å². The molecular formula is C13H21Cl3N4O. The molecule has 5 nitrogen and oxygen atoms in total. The monoisotopic (exact) mass is 354 g/mol. The number of carbonyl (C=O) groups is 1. The quantitative estimate of drug-likeness (QED) is 0.870. The lowest BCUT2D eigenvalue weighted by atomic mass is 10.1. The Hall–Kier alpha value is -0.750. The fraction of sp³-hybridized carbons (Fsp3) is 0.538. The Morgan fingerprint density at radius 1 is 1.52 bits per heavy atom. The molecule has 1 amide bonds. The van der Waals surface area contributed by atoms with E-state index in [0.29, 0.717) is 11.6 Å². The van der Waals surface area contributed by atoms with Crippen LogP contribution in [0.1, 0.15) is 20.3 Å². The second-order valence-electron chi connectivity index (χ2n) is 5.44. The molecule has 8 heteroatoms. The number of rotatable bonds is 3.